The third-order valence-corrected chi connectivity index (χ3v) is 7.35. The fraction of sp³-hybridized carbons (Fsp3) is 0.308. The minimum Gasteiger partial charge on any atom is -0.0619 e. The highest BCUT2D eigenvalue weighted by molar-refractivity contribution is 5.92. The molecule has 0 atom stereocenters. The molecule has 0 heteroatoms. The summed E-state index contributed by atoms with van der Waals surface area (Å²) >= 11 is 0. The van der Waals surface area contributed by atoms with Gasteiger partial charge in [0.1, 0.15) is 0 Å². The molecule has 2 aliphatic rings. The lowest BCUT2D eigenvalue weighted by atomic mass is 9.85. The fourth-order valence-electron chi connectivity index (χ4n) is 5.46. The molecule has 3 aromatic rings. The summed E-state index contributed by atoms with van der Waals surface area (Å²) in [5.41, 5.74) is 21.2. The van der Waals surface area contributed by atoms with Crippen molar-refractivity contribution in [2.45, 2.75) is 54.4 Å². The third-order valence-electron chi connectivity index (χ3n) is 7.35. The average molecular weight is 338 g/mol. The molecular weight excluding hydrogens is 312 g/mol. The van der Waals surface area contributed by atoms with Crippen LogP contribution in [0.2, 0.25) is 0 Å². The third kappa shape index (κ3) is 1.75. The first-order valence-electron chi connectivity index (χ1n) is 9.74. The number of rotatable bonds is 0. The summed E-state index contributed by atoms with van der Waals surface area (Å²) in [6.07, 6.45) is 2.20. The molecule has 0 nitrogen and oxygen atoms in total. The Morgan fingerprint density at radius 1 is 0.500 bits per heavy atom. The van der Waals surface area contributed by atoms with Crippen molar-refractivity contribution >= 4 is 0 Å². The fourth-order valence-corrected chi connectivity index (χ4v) is 5.46. The maximum atomic E-state index is 2.34. The first-order valence-corrected chi connectivity index (χ1v) is 9.74. The molecule has 130 valence electrons. The Morgan fingerprint density at radius 3 is 1.81 bits per heavy atom. The molecule has 0 unspecified atom stereocenters. The first kappa shape index (κ1) is 15.9. The van der Waals surface area contributed by atoms with Gasteiger partial charge in [0.15, 0.2) is 0 Å². The van der Waals surface area contributed by atoms with E-state index >= 15 is 0 Å². The van der Waals surface area contributed by atoms with Gasteiger partial charge in [-0.1, -0.05) is 24.3 Å². The van der Waals surface area contributed by atoms with E-state index in [0.717, 1.165) is 12.8 Å². The summed E-state index contributed by atoms with van der Waals surface area (Å²) in [6, 6.07) is 8.99. The van der Waals surface area contributed by atoms with Gasteiger partial charge in [0.2, 0.25) is 0 Å². The van der Waals surface area contributed by atoms with Crippen LogP contribution < -0.4 is 0 Å². The summed E-state index contributed by atoms with van der Waals surface area (Å²) < 4.78 is 0. The minimum atomic E-state index is 1.10. The van der Waals surface area contributed by atoms with Crippen LogP contribution in [-0.4, -0.2) is 0 Å². The van der Waals surface area contributed by atoms with Crippen molar-refractivity contribution in [3.05, 3.63) is 79.9 Å². The van der Waals surface area contributed by atoms with E-state index in [1.54, 1.807) is 27.8 Å². The summed E-state index contributed by atoms with van der Waals surface area (Å²) in [6.45, 7) is 13.9. The zero-order chi connectivity index (χ0) is 18.3. The van der Waals surface area contributed by atoms with Crippen molar-refractivity contribution in [1.82, 2.24) is 0 Å². The van der Waals surface area contributed by atoms with Gasteiger partial charge in [0.05, 0.1) is 0 Å². The molecule has 0 N–H and O–H groups in total. The smallest absolute Gasteiger partial charge is 0.000744 e. The predicted octanol–water partition coefficient (Wildman–Crippen LogP) is 6.68. The van der Waals surface area contributed by atoms with Crippen LogP contribution in [0.25, 0.3) is 22.3 Å². The van der Waals surface area contributed by atoms with Crippen molar-refractivity contribution in [3.63, 3.8) is 0 Å². The Morgan fingerprint density at radius 2 is 1.04 bits per heavy atom. The van der Waals surface area contributed by atoms with Gasteiger partial charge in [-0.2, -0.15) is 0 Å². The van der Waals surface area contributed by atoms with E-state index in [2.05, 4.69) is 65.8 Å². The largest absolute Gasteiger partial charge is 0.0619 e. The molecule has 0 heterocycles. The molecule has 0 aromatic heterocycles. The normalized spacial score (nSPS) is 13.5. The van der Waals surface area contributed by atoms with Crippen LogP contribution in [-0.2, 0) is 12.8 Å². The Kier molecular flexibility index (Phi) is 3.11. The molecule has 3 aromatic carbocycles. The van der Waals surface area contributed by atoms with Crippen LogP contribution >= 0.6 is 0 Å². The lowest BCUT2D eigenvalue weighted by Gasteiger charge is -2.19. The maximum Gasteiger partial charge on any atom is -0.000744 e. The van der Waals surface area contributed by atoms with Gasteiger partial charge in [0.25, 0.3) is 0 Å². The monoisotopic (exact) mass is 338 g/mol. The summed E-state index contributed by atoms with van der Waals surface area (Å²) in [5.74, 6) is 0. The van der Waals surface area contributed by atoms with Gasteiger partial charge in [0, 0.05) is 0 Å². The predicted molar refractivity (Wildman–Crippen MR) is 111 cm³/mol. The Hall–Kier alpha value is -2.34. The van der Waals surface area contributed by atoms with Gasteiger partial charge >= 0.3 is 0 Å². The molecule has 5 rings (SSSR count). The van der Waals surface area contributed by atoms with Gasteiger partial charge in [-0.05, 0) is 132 Å². The Bertz CT molecular complexity index is 1130. The molecule has 0 radical (unpaired) electrons. The van der Waals surface area contributed by atoms with Crippen molar-refractivity contribution < 1.29 is 0 Å². The van der Waals surface area contributed by atoms with Crippen molar-refractivity contribution in [2.24, 2.45) is 0 Å². The van der Waals surface area contributed by atoms with E-state index in [-0.39, 0.29) is 0 Å². The van der Waals surface area contributed by atoms with E-state index in [1.165, 1.54) is 50.1 Å². The van der Waals surface area contributed by atoms with E-state index in [4.69, 9.17) is 0 Å². The van der Waals surface area contributed by atoms with E-state index in [0.29, 0.717) is 0 Å². The molecule has 2 aliphatic carbocycles. The molecule has 0 saturated carbocycles. The van der Waals surface area contributed by atoms with Crippen LogP contribution in [0.15, 0.2) is 24.3 Å². The number of benzene rings is 3. The number of fused-ring (bicyclic) bond motifs is 7. The second-order valence-electron chi connectivity index (χ2n) is 8.32. The minimum absolute atomic E-state index is 1.10. The number of hydrogen-bond acceptors (Lipinski definition) is 0. The highest BCUT2D eigenvalue weighted by Gasteiger charge is 2.33. The van der Waals surface area contributed by atoms with Gasteiger partial charge in [-0.25, -0.2) is 0 Å². The van der Waals surface area contributed by atoms with Crippen LogP contribution in [0.3, 0.4) is 0 Å². The first-order chi connectivity index (χ1) is 12.4. The van der Waals surface area contributed by atoms with E-state index in [9.17, 15) is 0 Å². The lowest BCUT2D eigenvalue weighted by molar-refractivity contribution is 1.12. The molecular formula is C26H26. The van der Waals surface area contributed by atoms with Crippen LogP contribution in [0, 0.1) is 41.5 Å². The summed E-state index contributed by atoms with van der Waals surface area (Å²) in [5, 5.41) is 0. The highest BCUT2D eigenvalue weighted by atomic mass is 14.4. The molecule has 0 aliphatic heterocycles. The average Bonchev–Trinajstić information content (AvgIpc) is 3.22. The standard InChI is InChI=1S/C26H26/c1-13-14(2)16(4)25-21(15(13)3)12-23-22-11-19-9-7-8-10-20(19)24(22)17(5)18(6)26(23)25/h7-10H,11-12H2,1-6H3. The molecule has 0 fully saturated rings. The second-order valence-corrected chi connectivity index (χ2v) is 8.32. The molecule has 26 heavy (non-hydrogen) atoms. The number of hydrogen-bond donors (Lipinski definition) is 0. The van der Waals surface area contributed by atoms with Crippen LogP contribution in [0.4, 0.5) is 0 Å². The SMILES string of the molecule is Cc1c(C)c(C)c2c(c1C)Cc1c3c(c(C)c(C)c1-2)-c1ccccc1C3. The summed E-state index contributed by atoms with van der Waals surface area (Å²) in [4.78, 5) is 0. The highest BCUT2D eigenvalue weighted by Crippen LogP contribution is 2.52. The zero-order valence-electron chi connectivity index (χ0n) is 16.7. The quantitative estimate of drug-likeness (QED) is 0.295. The van der Waals surface area contributed by atoms with Gasteiger partial charge in [-0.15, -0.1) is 0 Å². The second kappa shape index (κ2) is 5.10. The van der Waals surface area contributed by atoms with Crippen molar-refractivity contribution in [2.75, 3.05) is 0 Å². The zero-order valence-corrected chi connectivity index (χ0v) is 16.7. The molecule has 0 saturated heterocycles. The Labute approximate surface area is 156 Å². The van der Waals surface area contributed by atoms with E-state index in [1.807, 2.05) is 0 Å². The van der Waals surface area contributed by atoms with Crippen LogP contribution in [0.5, 0.6) is 0 Å². The molecule has 0 bridgehead atoms. The van der Waals surface area contributed by atoms with Crippen LogP contribution in [0.1, 0.15) is 55.6 Å². The van der Waals surface area contributed by atoms with E-state index < -0.39 is 0 Å². The topological polar surface area (TPSA) is 0 Å². The Balaban J connectivity index is 1.89. The maximum absolute atomic E-state index is 2.34. The molecule has 0 amide bonds. The van der Waals surface area contributed by atoms with Gasteiger partial charge < -0.3 is 0 Å². The lowest BCUT2D eigenvalue weighted by Crippen LogP contribution is -1.99. The van der Waals surface area contributed by atoms with Crippen molar-refractivity contribution in [1.29, 1.82) is 0 Å². The van der Waals surface area contributed by atoms with Gasteiger partial charge in [-0.3, -0.25) is 0 Å². The summed E-state index contributed by atoms with van der Waals surface area (Å²) in [7, 11) is 0. The molecule has 0 spiro atoms. The van der Waals surface area contributed by atoms with Crippen molar-refractivity contribution in [3.8, 4) is 22.3 Å².